The van der Waals surface area contributed by atoms with Crippen LogP contribution >= 0.6 is 11.6 Å². The highest BCUT2D eigenvalue weighted by atomic mass is 35.5. The number of aromatic carboxylic acids is 1. The van der Waals surface area contributed by atoms with Crippen molar-refractivity contribution >= 4 is 94.2 Å². The van der Waals surface area contributed by atoms with Crippen LogP contribution in [0.3, 0.4) is 0 Å². The molecule has 0 radical (unpaired) electrons. The Morgan fingerprint density at radius 1 is 0.765 bits per heavy atom. The molecule has 5 aliphatic heterocycles. The van der Waals surface area contributed by atoms with Gasteiger partial charge in [-0.3, -0.25) is 19.2 Å². The molecule has 10 rings (SSSR count). The lowest BCUT2D eigenvalue weighted by Crippen LogP contribution is -2.52. The fourth-order valence-electron chi connectivity index (χ4n) is 11.8. The van der Waals surface area contributed by atoms with Crippen molar-refractivity contribution in [2.24, 2.45) is 10.9 Å². The first kappa shape index (κ1) is 61.0. The number of aliphatic hydroxyl groups is 1. The van der Waals surface area contributed by atoms with E-state index in [1.807, 2.05) is 30.0 Å². The van der Waals surface area contributed by atoms with Crippen LogP contribution in [0.4, 0.5) is 22.7 Å². The average Bonchev–Trinajstić information content (AvgIpc) is 2.75. The Labute approximate surface area is 502 Å². The summed E-state index contributed by atoms with van der Waals surface area (Å²) in [5, 5.41) is 33.3. The number of Topliss-reactive ketones (excluding diaryl/α,β-unsaturated/α-hetero) is 1. The Morgan fingerprint density at radius 2 is 1.47 bits per heavy atom. The zero-order valence-corrected chi connectivity index (χ0v) is 50.6. The van der Waals surface area contributed by atoms with Crippen molar-refractivity contribution in [1.82, 2.24) is 10.6 Å². The minimum Gasteiger partial charge on any atom is -0.478 e. The molecule has 3 amide bonds. The van der Waals surface area contributed by atoms with Crippen LogP contribution in [0.5, 0.6) is 0 Å². The van der Waals surface area contributed by atoms with Crippen molar-refractivity contribution in [3.05, 3.63) is 141 Å². The van der Waals surface area contributed by atoms with E-state index >= 15 is 0 Å². The molecular weight excluding hydrogens is 1120 g/mol. The fraction of sp³-hybridized carbons (Fsp3) is 0.431. The summed E-state index contributed by atoms with van der Waals surface area (Å²) >= 11 is 5.76. The minimum atomic E-state index is -2.44. The number of carbonyl (C=O) groups is 5. The fourth-order valence-corrected chi connectivity index (χ4v) is 15.0. The number of carboxylic acid groups (broad SMARTS) is 1. The van der Waals surface area contributed by atoms with E-state index in [0.717, 1.165) is 89.7 Å². The number of amides is 3. The van der Waals surface area contributed by atoms with Crippen LogP contribution in [0.1, 0.15) is 92.7 Å². The van der Waals surface area contributed by atoms with Gasteiger partial charge in [-0.1, -0.05) is 43.6 Å². The van der Waals surface area contributed by atoms with Crippen molar-refractivity contribution in [2.45, 2.75) is 70.6 Å². The first-order chi connectivity index (χ1) is 41.1. The number of benzene rings is 4. The summed E-state index contributed by atoms with van der Waals surface area (Å²) in [7, 11) is -2.44. The smallest absolute Gasteiger partial charge is 0.336 e. The van der Waals surface area contributed by atoms with Gasteiger partial charge in [0, 0.05) is 92.0 Å². The summed E-state index contributed by atoms with van der Waals surface area (Å²) in [5.74, 6) is -1.21. The number of carboxylic acids is 1. The highest BCUT2D eigenvalue weighted by molar-refractivity contribution is 6.98. The predicted octanol–water partition coefficient (Wildman–Crippen LogP) is 7.36. The number of fused-ring (bicyclic) bond motifs is 4. The molecule has 4 aromatic rings. The van der Waals surface area contributed by atoms with Crippen molar-refractivity contribution in [1.29, 1.82) is 0 Å². The third-order valence-corrected chi connectivity index (χ3v) is 20.6. The molecular formula is C65H77ClN7O11Si+. The maximum absolute atomic E-state index is 13.7. The summed E-state index contributed by atoms with van der Waals surface area (Å²) in [5.41, 5.74) is 7.35. The number of anilines is 3. The van der Waals surface area contributed by atoms with Gasteiger partial charge in [0.1, 0.15) is 13.9 Å². The number of aryl methyl sites for hydroxylation is 1. The third kappa shape index (κ3) is 13.8. The second-order valence-electron chi connectivity index (χ2n) is 23.0. The van der Waals surface area contributed by atoms with E-state index in [4.69, 9.17) is 35.5 Å². The average molecular weight is 1200 g/mol. The molecule has 0 spiro atoms. The number of nitrogens with one attached hydrogen (secondary N) is 3. The third-order valence-electron chi connectivity index (χ3n) is 16.8. The normalized spacial score (nSPS) is 19.0. The Bertz CT molecular complexity index is 3360. The Balaban J connectivity index is 0.686. The molecule has 0 saturated carbocycles. The number of ether oxygens (including phenoxy) is 4. The van der Waals surface area contributed by atoms with Gasteiger partial charge in [0.05, 0.1) is 63.9 Å². The number of alkyl halides is 1. The first-order valence-corrected chi connectivity index (χ1v) is 33.3. The maximum atomic E-state index is 13.7. The van der Waals surface area contributed by atoms with Crippen LogP contribution in [0, 0.1) is 12.8 Å². The van der Waals surface area contributed by atoms with Gasteiger partial charge in [-0.2, -0.15) is 0 Å². The summed E-state index contributed by atoms with van der Waals surface area (Å²) in [6.07, 6.45) is 12.1. The van der Waals surface area contributed by atoms with Crippen molar-refractivity contribution in [3.8, 4) is 0 Å². The van der Waals surface area contributed by atoms with Gasteiger partial charge in [-0.25, -0.2) is 14.4 Å². The zero-order valence-electron chi connectivity index (χ0n) is 48.8. The largest absolute Gasteiger partial charge is 0.478 e. The number of amidine groups is 1. The number of aliphatic imine (C=N–C) groups is 1. The van der Waals surface area contributed by atoms with Crippen molar-refractivity contribution in [2.75, 3.05) is 120 Å². The van der Waals surface area contributed by atoms with Gasteiger partial charge in [-0.05, 0) is 132 Å². The van der Waals surface area contributed by atoms with Gasteiger partial charge in [0.25, 0.3) is 5.91 Å². The molecule has 1 atom stereocenters. The van der Waals surface area contributed by atoms with Crippen molar-refractivity contribution in [3.63, 3.8) is 0 Å². The summed E-state index contributed by atoms with van der Waals surface area (Å²) in [6, 6.07) is 24.0. The molecule has 1 aliphatic carbocycles. The second kappa shape index (κ2) is 27.5. The molecule has 3 fully saturated rings. The molecule has 5 N–H and O–H groups in total. The predicted molar refractivity (Wildman–Crippen MR) is 333 cm³/mol. The molecule has 20 heteroatoms. The zero-order chi connectivity index (χ0) is 59.7. The van der Waals surface area contributed by atoms with Gasteiger partial charge < -0.3 is 54.9 Å². The monoisotopic (exact) mass is 1190 g/mol. The van der Waals surface area contributed by atoms with E-state index in [0.29, 0.717) is 106 Å². The molecule has 85 heavy (non-hydrogen) atoms. The Morgan fingerprint density at radius 3 is 2.19 bits per heavy atom. The molecule has 1 unspecified atom stereocenters. The highest BCUT2D eigenvalue weighted by Crippen LogP contribution is 2.44. The van der Waals surface area contributed by atoms with E-state index in [2.05, 4.69) is 74.9 Å². The maximum Gasteiger partial charge on any atom is 0.336 e. The molecule has 0 aromatic heterocycles. The first-order valence-electron chi connectivity index (χ1n) is 29.8. The number of nitrogens with zero attached hydrogens (tertiary/aromatic N) is 4. The number of hydrogen-bond donors (Lipinski definition) is 5. The summed E-state index contributed by atoms with van der Waals surface area (Å²) in [4.78, 5) is 75.0. The van der Waals surface area contributed by atoms with Crippen LogP contribution in [0.15, 0.2) is 113 Å². The molecule has 0 bridgehead atoms. The van der Waals surface area contributed by atoms with Gasteiger partial charge in [0.2, 0.25) is 17.6 Å². The second-order valence-corrected chi connectivity index (χ2v) is 27.7. The molecule has 18 nitrogen and oxygen atoms in total. The van der Waals surface area contributed by atoms with E-state index in [9.17, 15) is 34.2 Å². The molecule has 3 saturated heterocycles. The van der Waals surface area contributed by atoms with E-state index in [-0.39, 0.29) is 67.6 Å². The van der Waals surface area contributed by atoms with Crippen LogP contribution < -0.4 is 30.9 Å². The number of hydrogen-bond acceptors (Lipinski definition) is 13. The Hall–Kier alpha value is -7.10. The standard InChI is InChI=1S/C65H76ClN7O11Si/c1-43-9-20-55-54(37-43)60(75)65(80)22-28-73(64(65)70-55)47-13-11-46(12-14-47)69-58(74)21-30-82-34-36-84-32-25-68-62(77)45-41-72(42-45)49-16-19-52-57(40-49)85(2,3)56-39-48(71-26-8-27-71)15-18-51(56)59(52)53-38-44(10-17-50(53)63(78)79)61(76)67-24-31-83-35-33-81-29-7-5-4-6-23-66/h9-20,37-40,45,80H,4-8,21-36,41-42H2,1-3H3,(H3-,67,68,69,74,76,77,78,79)/p+1. The number of ketones is 1. The van der Waals surface area contributed by atoms with Crippen LogP contribution in [0.2, 0.25) is 13.1 Å². The molecule has 4 aromatic carbocycles. The number of rotatable bonds is 28. The highest BCUT2D eigenvalue weighted by Gasteiger charge is 2.52. The van der Waals surface area contributed by atoms with Crippen LogP contribution in [-0.2, 0) is 28.5 Å². The van der Waals surface area contributed by atoms with Gasteiger partial charge >= 0.3 is 5.97 Å². The number of unbranched alkanes of at least 4 members (excludes halogenated alkanes) is 3. The lowest BCUT2D eigenvalue weighted by molar-refractivity contribution is -0.596. The van der Waals surface area contributed by atoms with Gasteiger partial charge in [-0.15, -0.1) is 11.6 Å². The van der Waals surface area contributed by atoms with E-state index in [1.165, 1.54) is 11.3 Å². The summed E-state index contributed by atoms with van der Waals surface area (Å²) in [6.45, 7) is 13.6. The van der Waals surface area contributed by atoms with Crippen LogP contribution in [0.25, 0.3) is 5.57 Å². The van der Waals surface area contributed by atoms with E-state index < -0.39 is 19.6 Å². The lowest BCUT2D eigenvalue weighted by atomic mass is 9.86. The number of allylic oxidation sites excluding steroid dienone is 5. The Kier molecular flexibility index (Phi) is 19.7. The van der Waals surface area contributed by atoms with E-state index in [1.54, 1.807) is 36.4 Å². The minimum absolute atomic E-state index is 0.0463. The van der Waals surface area contributed by atoms with Gasteiger partial charge in [0.15, 0.2) is 30.3 Å². The quantitative estimate of drug-likeness (QED) is 0.0163. The number of carbonyl (C=O) groups excluding carboxylic acids is 4. The molecule has 6 aliphatic rings. The number of halogens is 1. The van der Waals surface area contributed by atoms with Crippen molar-refractivity contribution < 1.29 is 57.7 Å². The molecule has 448 valence electrons. The topological polar surface area (TPSA) is 221 Å². The summed E-state index contributed by atoms with van der Waals surface area (Å²) < 4.78 is 25.0. The lowest BCUT2D eigenvalue weighted by Gasteiger charge is -2.40. The SMILES string of the molecule is Cc1ccc2c(c1)C(=O)C1(O)CCN(c3ccc(NC(=O)CCOCCOCCNC(=O)C4C[N+](=C5C=CC6=C(c7cc(C(=O)NCCOCCOCCCCCCCl)ccc7C(=O)O)c7ccc(N8CCC8)cc7[Si](C)(C)C6=C5)C4)cc3)C1=N2. The van der Waals surface area contributed by atoms with Crippen LogP contribution in [-0.4, -0.2) is 174 Å². The molecule has 5 heterocycles.